The van der Waals surface area contributed by atoms with Crippen LogP contribution in [0.5, 0.6) is 0 Å². The maximum absolute atomic E-state index is 12.9. The van der Waals surface area contributed by atoms with E-state index in [1.807, 2.05) is 0 Å². The number of halogens is 2. The zero-order valence-electron chi connectivity index (χ0n) is 12.3. The number of thiophene rings is 1. The Morgan fingerprint density at radius 3 is 2.78 bits per heavy atom. The smallest absolute Gasteiger partial charge is 0.273 e. The summed E-state index contributed by atoms with van der Waals surface area (Å²) < 4.78 is 27.4. The molecule has 1 fully saturated rings. The fraction of sp³-hybridized carbons (Fsp3) is 0.357. The first-order chi connectivity index (χ1) is 11.0. The number of alkyl halides is 2. The van der Waals surface area contributed by atoms with Crippen molar-refractivity contribution in [3.8, 4) is 0 Å². The van der Waals surface area contributed by atoms with E-state index in [1.54, 1.807) is 29.0 Å². The first-order valence-electron chi connectivity index (χ1n) is 6.91. The largest absolute Gasteiger partial charge is 0.327 e. The number of aromatic nitrogens is 2. The molecule has 0 aromatic carbocycles. The molecule has 0 saturated carbocycles. The third-order valence-electron chi connectivity index (χ3n) is 3.63. The Morgan fingerprint density at radius 1 is 1.39 bits per heavy atom. The lowest BCUT2D eigenvalue weighted by Crippen LogP contribution is -2.52. The van der Waals surface area contributed by atoms with Crippen LogP contribution in [0.4, 0.5) is 14.5 Å². The number of carbonyl (C=O) groups is 2. The Labute approximate surface area is 134 Å². The number of aryl methyl sites for hydroxylation is 1. The molecule has 9 heteroatoms. The van der Waals surface area contributed by atoms with Crippen LogP contribution in [-0.4, -0.2) is 46.1 Å². The Bertz CT molecular complexity index is 743. The molecule has 122 valence electrons. The van der Waals surface area contributed by atoms with E-state index in [4.69, 9.17) is 0 Å². The number of hydrogen-bond donors (Lipinski definition) is 0. The van der Waals surface area contributed by atoms with Crippen LogP contribution < -0.4 is 4.90 Å². The maximum Gasteiger partial charge on any atom is 0.273 e. The van der Waals surface area contributed by atoms with E-state index in [0.29, 0.717) is 12.2 Å². The summed E-state index contributed by atoms with van der Waals surface area (Å²) in [5, 5.41) is 5.47. The third kappa shape index (κ3) is 2.96. The van der Waals surface area contributed by atoms with E-state index in [2.05, 4.69) is 5.10 Å². The number of amides is 2. The van der Waals surface area contributed by atoms with Crippen LogP contribution in [0.25, 0.3) is 0 Å². The molecule has 1 aliphatic heterocycles. The topological polar surface area (TPSA) is 58.4 Å². The van der Waals surface area contributed by atoms with Crippen LogP contribution in [0.3, 0.4) is 0 Å². The molecule has 0 atom stereocenters. The van der Waals surface area contributed by atoms with Gasteiger partial charge in [-0.15, -0.1) is 11.3 Å². The predicted molar refractivity (Wildman–Crippen MR) is 80.7 cm³/mol. The predicted octanol–water partition coefficient (Wildman–Crippen LogP) is 1.91. The van der Waals surface area contributed by atoms with Gasteiger partial charge in [0, 0.05) is 26.3 Å². The lowest BCUT2D eigenvalue weighted by atomic mass is 10.2. The van der Waals surface area contributed by atoms with Gasteiger partial charge in [0.15, 0.2) is 0 Å². The van der Waals surface area contributed by atoms with Gasteiger partial charge < -0.3 is 9.80 Å². The standard InChI is InChI=1S/C14H14F2N4O2S/c1-18-7-9(6-17-18)20-4-3-19(8-11(20)21)14(22)10-2-5-23-12(10)13(15)16/h2,5-7,13H,3-4,8H2,1H3. The van der Waals surface area contributed by atoms with Gasteiger partial charge >= 0.3 is 0 Å². The van der Waals surface area contributed by atoms with Gasteiger partial charge in [0.1, 0.15) is 6.54 Å². The van der Waals surface area contributed by atoms with Crippen molar-refractivity contribution in [1.82, 2.24) is 14.7 Å². The third-order valence-corrected chi connectivity index (χ3v) is 4.56. The molecule has 2 aromatic rings. The van der Waals surface area contributed by atoms with Gasteiger partial charge in [-0.3, -0.25) is 14.3 Å². The summed E-state index contributed by atoms with van der Waals surface area (Å²) in [6, 6.07) is 1.38. The molecule has 1 saturated heterocycles. The Balaban J connectivity index is 1.73. The van der Waals surface area contributed by atoms with Crippen molar-refractivity contribution in [3.05, 3.63) is 34.3 Å². The number of rotatable bonds is 3. The Kier molecular flexibility index (Phi) is 4.12. The molecular weight excluding hydrogens is 326 g/mol. The van der Waals surface area contributed by atoms with Crippen LogP contribution in [0, 0.1) is 0 Å². The van der Waals surface area contributed by atoms with Gasteiger partial charge in [0.05, 0.1) is 22.3 Å². The second-order valence-electron chi connectivity index (χ2n) is 5.14. The number of piperazine rings is 1. The van der Waals surface area contributed by atoms with Crippen LogP contribution in [0.15, 0.2) is 23.8 Å². The van der Waals surface area contributed by atoms with Gasteiger partial charge in [-0.2, -0.15) is 5.10 Å². The summed E-state index contributed by atoms with van der Waals surface area (Å²) in [7, 11) is 1.75. The lowest BCUT2D eigenvalue weighted by molar-refractivity contribution is -0.120. The van der Waals surface area contributed by atoms with Gasteiger partial charge in [-0.1, -0.05) is 0 Å². The van der Waals surface area contributed by atoms with Crippen molar-refractivity contribution in [2.24, 2.45) is 7.05 Å². The minimum absolute atomic E-state index is 0.0207. The van der Waals surface area contributed by atoms with E-state index >= 15 is 0 Å². The van der Waals surface area contributed by atoms with Crippen LogP contribution in [-0.2, 0) is 11.8 Å². The highest BCUT2D eigenvalue weighted by molar-refractivity contribution is 7.10. The second kappa shape index (κ2) is 6.07. The SMILES string of the molecule is Cn1cc(N2CCN(C(=O)c3ccsc3C(F)F)CC2=O)cn1. The van der Waals surface area contributed by atoms with Crippen molar-refractivity contribution >= 4 is 28.8 Å². The van der Waals surface area contributed by atoms with Crippen molar-refractivity contribution < 1.29 is 18.4 Å². The minimum Gasteiger partial charge on any atom is -0.327 e. The summed E-state index contributed by atoms with van der Waals surface area (Å²) in [6.07, 6.45) is 0.591. The molecule has 2 aromatic heterocycles. The highest BCUT2D eigenvalue weighted by atomic mass is 32.1. The van der Waals surface area contributed by atoms with E-state index in [-0.39, 0.29) is 29.4 Å². The van der Waals surface area contributed by atoms with Gasteiger partial charge in [-0.05, 0) is 11.4 Å². The van der Waals surface area contributed by atoms with Crippen LogP contribution >= 0.6 is 11.3 Å². The number of anilines is 1. The lowest BCUT2D eigenvalue weighted by Gasteiger charge is -2.33. The summed E-state index contributed by atoms with van der Waals surface area (Å²) in [5.74, 6) is -0.785. The molecule has 0 spiro atoms. The summed E-state index contributed by atoms with van der Waals surface area (Å²) >= 11 is 0.847. The zero-order valence-corrected chi connectivity index (χ0v) is 13.1. The molecule has 0 bridgehead atoms. The Hall–Kier alpha value is -2.29. The summed E-state index contributed by atoms with van der Waals surface area (Å²) in [5.41, 5.74) is 0.640. The quantitative estimate of drug-likeness (QED) is 0.858. The highest BCUT2D eigenvalue weighted by Gasteiger charge is 2.31. The fourth-order valence-electron chi connectivity index (χ4n) is 2.50. The molecule has 2 amide bonds. The van der Waals surface area contributed by atoms with Crippen molar-refractivity contribution in [2.45, 2.75) is 6.43 Å². The zero-order chi connectivity index (χ0) is 16.6. The van der Waals surface area contributed by atoms with Crippen LogP contribution in [0.1, 0.15) is 21.7 Å². The van der Waals surface area contributed by atoms with Gasteiger partial charge in [-0.25, -0.2) is 8.78 Å². The normalized spacial score (nSPS) is 15.6. The number of nitrogens with zero attached hydrogens (tertiary/aromatic N) is 4. The van der Waals surface area contributed by atoms with Crippen molar-refractivity contribution in [3.63, 3.8) is 0 Å². The second-order valence-corrected chi connectivity index (χ2v) is 6.09. The average molecular weight is 340 g/mol. The molecule has 0 aliphatic carbocycles. The molecule has 0 radical (unpaired) electrons. The molecule has 3 heterocycles. The molecule has 1 aliphatic rings. The molecule has 0 unspecified atom stereocenters. The molecule has 0 N–H and O–H groups in total. The molecule has 3 rings (SSSR count). The maximum atomic E-state index is 12.9. The summed E-state index contributed by atoms with van der Waals surface area (Å²) in [6.45, 7) is 0.467. The first kappa shape index (κ1) is 15.6. The van der Waals surface area contributed by atoms with Crippen LogP contribution in [0.2, 0.25) is 0 Å². The number of carbonyl (C=O) groups excluding carboxylic acids is 2. The molecular formula is C14H14F2N4O2S. The van der Waals surface area contributed by atoms with Crippen molar-refractivity contribution in [2.75, 3.05) is 24.5 Å². The molecule has 6 nitrogen and oxygen atoms in total. The van der Waals surface area contributed by atoms with E-state index in [9.17, 15) is 18.4 Å². The van der Waals surface area contributed by atoms with E-state index in [0.717, 1.165) is 11.3 Å². The van der Waals surface area contributed by atoms with E-state index < -0.39 is 12.3 Å². The van der Waals surface area contributed by atoms with Crippen molar-refractivity contribution in [1.29, 1.82) is 0 Å². The Morgan fingerprint density at radius 2 is 2.17 bits per heavy atom. The van der Waals surface area contributed by atoms with Gasteiger partial charge in [0.25, 0.3) is 12.3 Å². The first-order valence-corrected chi connectivity index (χ1v) is 7.79. The highest BCUT2D eigenvalue weighted by Crippen LogP contribution is 2.29. The molecule has 23 heavy (non-hydrogen) atoms. The number of hydrogen-bond acceptors (Lipinski definition) is 4. The monoisotopic (exact) mass is 340 g/mol. The van der Waals surface area contributed by atoms with Gasteiger partial charge in [0.2, 0.25) is 5.91 Å². The minimum atomic E-state index is -2.69. The average Bonchev–Trinajstić information content (AvgIpc) is 3.15. The summed E-state index contributed by atoms with van der Waals surface area (Å²) in [4.78, 5) is 27.2. The fourth-order valence-corrected chi connectivity index (χ4v) is 3.24. The van der Waals surface area contributed by atoms with E-state index in [1.165, 1.54) is 16.3 Å².